The summed E-state index contributed by atoms with van der Waals surface area (Å²) in [7, 11) is 0. The second-order valence-corrected chi connectivity index (χ2v) is 7.72. The second kappa shape index (κ2) is 7.50. The minimum Gasteiger partial charge on any atom is -0.286 e. The van der Waals surface area contributed by atoms with Crippen LogP contribution in [-0.4, -0.2) is 18.2 Å². The van der Waals surface area contributed by atoms with Gasteiger partial charge < -0.3 is 0 Å². The lowest BCUT2D eigenvalue weighted by Gasteiger charge is -2.33. The zero-order valence-electron chi connectivity index (χ0n) is 15.2. The molecule has 0 saturated carbocycles. The van der Waals surface area contributed by atoms with E-state index in [0.29, 0.717) is 0 Å². The number of hydrogen-bond acceptors (Lipinski definition) is 2. The molecule has 1 aliphatic rings. The van der Waals surface area contributed by atoms with Crippen molar-refractivity contribution in [3.05, 3.63) is 71.3 Å². The van der Waals surface area contributed by atoms with Crippen LogP contribution in [-0.2, 0) is 10.3 Å². The van der Waals surface area contributed by atoms with Crippen molar-refractivity contribution in [2.24, 2.45) is 0 Å². The standard InChI is InChI=1S/C22H29NO/c1-22(2,3)20-15-9-8-14-19(20)21(18-12-6-4-7-13-18)24-23-16-10-5-11-17-23/h4,6-9,12-15,21H,5,10-11,16-17H2,1-3H3/t21-/m1/s1. The Morgan fingerprint density at radius 3 is 2.12 bits per heavy atom. The van der Waals surface area contributed by atoms with E-state index in [-0.39, 0.29) is 11.5 Å². The summed E-state index contributed by atoms with van der Waals surface area (Å²) in [6, 6.07) is 19.3. The highest BCUT2D eigenvalue weighted by molar-refractivity contribution is 5.39. The van der Waals surface area contributed by atoms with Crippen LogP contribution in [0.5, 0.6) is 0 Å². The van der Waals surface area contributed by atoms with Crippen molar-refractivity contribution in [3.63, 3.8) is 0 Å². The first-order valence-corrected chi connectivity index (χ1v) is 9.12. The molecular weight excluding hydrogens is 294 g/mol. The van der Waals surface area contributed by atoms with Crippen molar-refractivity contribution in [2.75, 3.05) is 13.1 Å². The largest absolute Gasteiger partial charge is 0.286 e. The first-order chi connectivity index (χ1) is 11.6. The van der Waals surface area contributed by atoms with Gasteiger partial charge in [-0.1, -0.05) is 81.8 Å². The van der Waals surface area contributed by atoms with Crippen molar-refractivity contribution in [2.45, 2.75) is 51.6 Å². The third-order valence-corrected chi connectivity index (χ3v) is 4.72. The zero-order chi connectivity index (χ0) is 17.0. The summed E-state index contributed by atoms with van der Waals surface area (Å²) in [5.41, 5.74) is 3.95. The highest BCUT2D eigenvalue weighted by Gasteiger charge is 2.26. The summed E-state index contributed by atoms with van der Waals surface area (Å²) in [5, 5.41) is 2.17. The lowest BCUT2D eigenvalue weighted by atomic mass is 9.81. The fourth-order valence-corrected chi connectivity index (χ4v) is 3.45. The van der Waals surface area contributed by atoms with Gasteiger partial charge in [0.1, 0.15) is 6.10 Å². The van der Waals surface area contributed by atoms with Crippen LogP contribution in [0.3, 0.4) is 0 Å². The summed E-state index contributed by atoms with van der Waals surface area (Å²) < 4.78 is 0. The molecule has 0 N–H and O–H groups in total. The van der Waals surface area contributed by atoms with Crippen LogP contribution < -0.4 is 0 Å². The highest BCUT2D eigenvalue weighted by atomic mass is 16.7. The Morgan fingerprint density at radius 2 is 1.46 bits per heavy atom. The quantitative estimate of drug-likeness (QED) is 0.737. The van der Waals surface area contributed by atoms with Crippen molar-refractivity contribution >= 4 is 0 Å². The minimum atomic E-state index is -0.0419. The molecular formula is C22H29NO. The van der Waals surface area contributed by atoms with Crippen LogP contribution in [0.4, 0.5) is 0 Å². The molecule has 24 heavy (non-hydrogen) atoms. The lowest BCUT2D eigenvalue weighted by molar-refractivity contribution is -0.196. The molecule has 2 aromatic rings. The van der Waals surface area contributed by atoms with E-state index in [0.717, 1.165) is 13.1 Å². The molecule has 0 bridgehead atoms. The molecule has 1 atom stereocenters. The summed E-state index contributed by atoms with van der Waals surface area (Å²) in [5.74, 6) is 0. The van der Waals surface area contributed by atoms with E-state index in [1.165, 1.54) is 36.0 Å². The average molecular weight is 323 g/mol. The van der Waals surface area contributed by atoms with Gasteiger partial charge in [0.05, 0.1) is 0 Å². The van der Waals surface area contributed by atoms with Gasteiger partial charge in [0.2, 0.25) is 0 Å². The zero-order valence-corrected chi connectivity index (χ0v) is 15.2. The molecule has 0 unspecified atom stereocenters. The van der Waals surface area contributed by atoms with E-state index >= 15 is 0 Å². The Labute approximate surface area is 146 Å². The van der Waals surface area contributed by atoms with Gasteiger partial charge >= 0.3 is 0 Å². The molecule has 0 amide bonds. The van der Waals surface area contributed by atoms with Gasteiger partial charge in [-0.25, -0.2) is 0 Å². The maximum absolute atomic E-state index is 6.53. The maximum atomic E-state index is 6.53. The van der Waals surface area contributed by atoms with Gasteiger partial charge in [-0.3, -0.25) is 4.84 Å². The SMILES string of the molecule is CC(C)(C)c1ccccc1[C@H](ON1CCCCC1)c1ccccc1. The third-order valence-electron chi connectivity index (χ3n) is 4.72. The normalized spacial score (nSPS) is 17.6. The van der Waals surface area contributed by atoms with Crippen molar-refractivity contribution in [3.8, 4) is 0 Å². The molecule has 0 aliphatic carbocycles. The topological polar surface area (TPSA) is 12.5 Å². The molecule has 1 aliphatic heterocycles. The monoisotopic (exact) mass is 323 g/mol. The summed E-state index contributed by atoms with van der Waals surface area (Å²) in [6.45, 7) is 8.88. The van der Waals surface area contributed by atoms with Crippen LogP contribution in [0, 0.1) is 0 Å². The molecule has 2 aromatic carbocycles. The third kappa shape index (κ3) is 4.06. The minimum absolute atomic E-state index is 0.0419. The fourth-order valence-electron chi connectivity index (χ4n) is 3.45. The number of nitrogens with zero attached hydrogens (tertiary/aromatic N) is 1. The fraction of sp³-hybridized carbons (Fsp3) is 0.455. The predicted molar refractivity (Wildman–Crippen MR) is 99.9 cm³/mol. The Morgan fingerprint density at radius 1 is 0.833 bits per heavy atom. The van der Waals surface area contributed by atoms with E-state index < -0.39 is 0 Å². The molecule has 0 aromatic heterocycles. The van der Waals surface area contributed by atoms with Crippen molar-refractivity contribution in [1.29, 1.82) is 0 Å². The number of benzene rings is 2. The smallest absolute Gasteiger partial charge is 0.130 e. The van der Waals surface area contributed by atoms with E-state index in [1.54, 1.807) is 0 Å². The summed E-state index contributed by atoms with van der Waals surface area (Å²) in [4.78, 5) is 6.53. The number of rotatable bonds is 4. The van der Waals surface area contributed by atoms with E-state index in [1.807, 2.05) is 0 Å². The maximum Gasteiger partial charge on any atom is 0.130 e. The van der Waals surface area contributed by atoms with Crippen molar-refractivity contribution in [1.82, 2.24) is 5.06 Å². The number of hydroxylamine groups is 2. The predicted octanol–water partition coefficient (Wildman–Crippen LogP) is 5.49. The molecule has 0 radical (unpaired) electrons. The van der Waals surface area contributed by atoms with Gasteiger partial charge in [-0.15, -0.1) is 0 Å². The van der Waals surface area contributed by atoms with Gasteiger partial charge in [-0.2, -0.15) is 5.06 Å². The molecule has 2 nitrogen and oxygen atoms in total. The molecule has 1 saturated heterocycles. The molecule has 1 heterocycles. The molecule has 1 fully saturated rings. The van der Waals surface area contributed by atoms with Crippen LogP contribution >= 0.6 is 0 Å². The van der Waals surface area contributed by atoms with E-state index in [9.17, 15) is 0 Å². The van der Waals surface area contributed by atoms with Crippen LogP contribution in [0.2, 0.25) is 0 Å². The average Bonchev–Trinajstić information content (AvgIpc) is 2.61. The molecule has 128 valence electrons. The van der Waals surface area contributed by atoms with Gasteiger partial charge in [0.25, 0.3) is 0 Å². The number of piperidine rings is 1. The second-order valence-electron chi connectivity index (χ2n) is 7.72. The van der Waals surface area contributed by atoms with Crippen LogP contribution in [0.25, 0.3) is 0 Å². The molecule has 0 spiro atoms. The van der Waals surface area contributed by atoms with Gasteiger partial charge in [-0.05, 0) is 34.9 Å². The Bertz CT molecular complexity index is 639. The Kier molecular flexibility index (Phi) is 5.37. The van der Waals surface area contributed by atoms with Crippen LogP contribution in [0.15, 0.2) is 54.6 Å². The van der Waals surface area contributed by atoms with Gasteiger partial charge in [0, 0.05) is 13.1 Å². The first-order valence-electron chi connectivity index (χ1n) is 9.12. The van der Waals surface area contributed by atoms with E-state index in [4.69, 9.17) is 4.84 Å². The molecule has 2 heteroatoms. The van der Waals surface area contributed by atoms with Crippen molar-refractivity contribution < 1.29 is 4.84 Å². The highest BCUT2D eigenvalue weighted by Crippen LogP contribution is 2.35. The first kappa shape index (κ1) is 17.2. The summed E-state index contributed by atoms with van der Waals surface area (Å²) >= 11 is 0. The van der Waals surface area contributed by atoms with E-state index in [2.05, 4.69) is 80.4 Å². The molecule has 3 rings (SSSR count). The lowest BCUT2D eigenvalue weighted by Crippen LogP contribution is -2.32. The number of hydrogen-bond donors (Lipinski definition) is 0. The van der Waals surface area contributed by atoms with Crippen LogP contribution in [0.1, 0.15) is 62.8 Å². The summed E-state index contributed by atoms with van der Waals surface area (Å²) in [6.07, 6.45) is 3.72. The van der Waals surface area contributed by atoms with Gasteiger partial charge in [0.15, 0.2) is 0 Å². The Balaban J connectivity index is 1.99. The Hall–Kier alpha value is -1.64.